The first-order chi connectivity index (χ1) is 11.8. The molecular weight excluding hydrogens is 314 g/mol. The number of H-pyrrole nitrogens is 1. The largest absolute Gasteiger partial charge is 0.492 e. The smallest absolute Gasteiger partial charge is 0.272 e. The van der Waals surface area contributed by atoms with Gasteiger partial charge in [0.2, 0.25) is 0 Å². The number of methoxy groups -OCH3 is 1. The molecule has 3 rings (SSSR count). The molecule has 1 heterocycles. The fourth-order valence-electron chi connectivity index (χ4n) is 2.79. The molecule has 0 saturated carbocycles. The van der Waals surface area contributed by atoms with Crippen LogP contribution < -0.4 is 15.8 Å². The van der Waals surface area contributed by atoms with Crippen LogP contribution in [0.2, 0.25) is 0 Å². The fourth-order valence-corrected chi connectivity index (χ4v) is 2.79. The van der Waals surface area contributed by atoms with E-state index in [9.17, 15) is 4.79 Å². The molecule has 4 N–H and O–H groups in total. The maximum atomic E-state index is 12.7. The summed E-state index contributed by atoms with van der Waals surface area (Å²) in [5, 5.41) is 3.91. The van der Waals surface area contributed by atoms with Crippen LogP contribution in [0, 0.1) is 0 Å². The van der Waals surface area contributed by atoms with E-state index in [1.807, 2.05) is 42.5 Å². The first kappa shape index (κ1) is 16.9. The summed E-state index contributed by atoms with van der Waals surface area (Å²) >= 11 is 0. The van der Waals surface area contributed by atoms with E-state index in [2.05, 4.69) is 31.1 Å². The number of hydrogen-bond acceptors (Lipinski definition) is 3. The van der Waals surface area contributed by atoms with Crippen LogP contribution in [-0.2, 0) is 5.41 Å². The standard InChI is InChI=1S/C20H23N3O2/c1-20(2,3)13-10-14(21)18(25-4)16(11-13)23-19(24)17-9-12-7-5-6-8-15(12)22-17/h5-11,22H,21H2,1-4H3,(H,23,24). The molecule has 25 heavy (non-hydrogen) atoms. The van der Waals surface area contributed by atoms with Gasteiger partial charge in [-0.3, -0.25) is 4.79 Å². The van der Waals surface area contributed by atoms with Gasteiger partial charge in [0.25, 0.3) is 5.91 Å². The van der Waals surface area contributed by atoms with Gasteiger partial charge in [-0.05, 0) is 35.2 Å². The molecule has 0 bridgehead atoms. The Morgan fingerprint density at radius 2 is 1.88 bits per heavy atom. The summed E-state index contributed by atoms with van der Waals surface area (Å²) < 4.78 is 5.39. The van der Waals surface area contributed by atoms with Gasteiger partial charge >= 0.3 is 0 Å². The van der Waals surface area contributed by atoms with Crippen molar-refractivity contribution in [3.05, 3.63) is 53.7 Å². The number of rotatable bonds is 3. The molecule has 0 saturated heterocycles. The predicted molar refractivity (Wildman–Crippen MR) is 102 cm³/mol. The number of carbonyl (C=O) groups is 1. The second kappa shape index (κ2) is 6.16. The summed E-state index contributed by atoms with van der Waals surface area (Å²) in [6.45, 7) is 6.28. The lowest BCUT2D eigenvalue weighted by Gasteiger charge is -2.22. The lowest BCUT2D eigenvalue weighted by molar-refractivity contribution is 0.102. The molecule has 0 unspecified atom stereocenters. The molecule has 0 radical (unpaired) electrons. The van der Waals surface area contributed by atoms with Crippen LogP contribution in [-0.4, -0.2) is 18.0 Å². The highest BCUT2D eigenvalue weighted by molar-refractivity contribution is 6.07. The van der Waals surface area contributed by atoms with Gasteiger partial charge in [0, 0.05) is 10.9 Å². The van der Waals surface area contributed by atoms with Crippen LogP contribution in [0.1, 0.15) is 36.8 Å². The third-order valence-corrected chi connectivity index (χ3v) is 4.21. The minimum atomic E-state index is -0.236. The van der Waals surface area contributed by atoms with Crippen molar-refractivity contribution in [2.45, 2.75) is 26.2 Å². The van der Waals surface area contributed by atoms with E-state index in [0.29, 0.717) is 22.8 Å². The third-order valence-electron chi connectivity index (χ3n) is 4.21. The number of ether oxygens (including phenoxy) is 1. The molecule has 5 heteroatoms. The van der Waals surface area contributed by atoms with Crippen molar-refractivity contribution in [2.75, 3.05) is 18.2 Å². The Hall–Kier alpha value is -2.95. The summed E-state index contributed by atoms with van der Waals surface area (Å²) in [7, 11) is 1.54. The number of fused-ring (bicyclic) bond motifs is 1. The number of anilines is 2. The molecule has 1 amide bonds. The molecule has 130 valence electrons. The number of nitrogen functional groups attached to an aromatic ring is 1. The highest BCUT2D eigenvalue weighted by Crippen LogP contribution is 2.37. The average Bonchev–Trinajstić information content (AvgIpc) is 2.98. The van der Waals surface area contributed by atoms with Gasteiger partial charge in [0.1, 0.15) is 5.69 Å². The second-order valence-electron chi connectivity index (χ2n) is 7.12. The lowest BCUT2D eigenvalue weighted by atomic mass is 9.86. The Labute approximate surface area is 147 Å². The molecule has 0 spiro atoms. The minimum absolute atomic E-state index is 0.0962. The Morgan fingerprint density at radius 3 is 2.52 bits per heavy atom. The lowest BCUT2D eigenvalue weighted by Crippen LogP contribution is -2.16. The zero-order valence-corrected chi connectivity index (χ0v) is 14.9. The van der Waals surface area contributed by atoms with E-state index < -0.39 is 0 Å². The van der Waals surface area contributed by atoms with E-state index in [0.717, 1.165) is 16.5 Å². The summed E-state index contributed by atoms with van der Waals surface area (Å²) in [4.78, 5) is 15.8. The molecule has 0 fully saturated rings. The fraction of sp³-hybridized carbons (Fsp3) is 0.250. The summed E-state index contributed by atoms with van der Waals surface area (Å²) in [5.74, 6) is 0.234. The average molecular weight is 337 g/mol. The molecule has 2 aromatic carbocycles. The van der Waals surface area contributed by atoms with Gasteiger partial charge in [-0.25, -0.2) is 0 Å². The van der Waals surface area contributed by atoms with Crippen molar-refractivity contribution in [3.63, 3.8) is 0 Å². The van der Waals surface area contributed by atoms with Gasteiger partial charge in [-0.15, -0.1) is 0 Å². The Balaban J connectivity index is 1.98. The molecular formula is C20H23N3O2. The first-order valence-corrected chi connectivity index (χ1v) is 8.16. The molecule has 0 aliphatic heterocycles. The van der Waals surface area contributed by atoms with Gasteiger partial charge < -0.3 is 20.8 Å². The number of amides is 1. The van der Waals surface area contributed by atoms with E-state index in [1.165, 1.54) is 0 Å². The van der Waals surface area contributed by atoms with Crippen LogP contribution >= 0.6 is 0 Å². The van der Waals surface area contributed by atoms with Crippen molar-refractivity contribution in [1.82, 2.24) is 4.98 Å². The number of aromatic amines is 1. The maximum Gasteiger partial charge on any atom is 0.272 e. The minimum Gasteiger partial charge on any atom is -0.492 e. The van der Waals surface area contributed by atoms with Crippen LogP contribution in [0.3, 0.4) is 0 Å². The van der Waals surface area contributed by atoms with Crippen LogP contribution in [0.15, 0.2) is 42.5 Å². The SMILES string of the molecule is COc1c(N)cc(C(C)(C)C)cc1NC(=O)c1cc2ccccc2[nH]1. The van der Waals surface area contributed by atoms with E-state index in [4.69, 9.17) is 10.5 Å². The van der Waals surface area contributed by atoms with E-state index in [-0.39, 0.29) is 11.3 Å². The third kappa shape index (κ3) is 3.31. The van der Waals surface area contributed by atoms with Crippen molar-refractivity contribution in [1.29, 1.82) is 0 Å². The van der Waals surface area contributed by atoms with Crippen molar-refractivity contribution in [3.8, 4) is 5.75 Å². The Bertz CT molecular complexity index is 903. The predicted octanol–water partition coefficient (Wildman–Crippen LogP) is 4.31. The highest BCUT2D eigenvalue weighted by Gasteiger charge is 2.20. The molecule has 0 aliphatic rings. The van der Waals surface area contributed by atoms with Crippen LogP contribution in [0.5, 0.6) is 5.75 Å². The zero-order chi connectivity index (χ0) is 18.2. The van der Waals surface area contributed by atoms with Gasteiger partial charge in [-0.2, -0.15) is 0 Å². The number of benzene rings is 2. The van der Waals surface area contributed by atoms with Crippen LogP contribution in [0.4, 0.5) is 11.4 Å². The number of nitrogens with two attached hydrogens (primary N) is 1. The normalized spacial score (nSPS) is 11.5. The summed E-state index contributed by atoms with van der Waals surface area (Å²) in [5.41, 5.74) is 9.53. The summed E-state index contributed by atoms with van der Waals surface area (Å²) in [6.07, 6.45) is 0. The molecule has 0 aliphatic carbocycles. The monoisotopic (exact) mass is 337 g/mol. The molecule has 3 aromatic rings. The first-order valence-electron chi connectivity index (χ1n) is 8.16. The molecule has 1 aromatic heterocycles. The highest BCUT2D eigenvalue weighted by atomic mass is 16.5. The topological polar surface area (TPSA) is 80.1 Å². The van der Waals surface area contributed by atoms with Crippen LogP contribution in [0.25, 0.3) is 10.9 Å². The van der Waals surface area contributed by atoms with Gasteiger partial charge in [-0.1, -0.05) is 39.0 Å². The summed E-state index contributed by atoms with van der Waals surface area (Å²) in [6, 6.07) is 13.4. The van der Waals surface area contributed by atoms with Crippen molar-refractivity contribution < 1.29 is 9.53 Å². The van der Waals surface area contributed by atoms with Crippen molar-refractivity contribution in [2.24, 2.45) is 0 Å². The van der Waals surface area contributed by atoms with Gasteiger partial charge in [0.05, 0.1) is 18.5 Å². The molecule has 5 nitrogen and oxygen atoms in total. The Morgan fingerprint density at radius 1 is 1.16 bits per heavy atom. The molecule has 0 atom stereocenters. The Kier molecular flexibility index (Phi) is 4.17. The second-order valence-corrected chi connectivity index (χ2v) is 7.12. The van der Waals surface area contributed by atoms with E-state index >= 15 is 0 Å². The van der Waals surface area contributed by atoms with E-state index in [1.54, 1.807) is 7.11 Å². The number of para-hydroxylation sites is 1. The quantitative estimate of drug-likeness (QED) is 0.623. The number of hydrogen-bond donors (Lipinski definition) is 3. The zero-order valence-electron chi connectivity index (χ0n) is 14.9. The maximum absolute atomic E-state index is 12.7. The number of aromatic nitrogens is 1. The van der Waals surface area contributed by atoms with Gasteiger partial charge in [0.15, 0.2) is 5.75 Å². The van der Waals surface area contributed by atoms with Crippen molar-refractivity contribution >= 4 is 28.2 Å². The number of nitrogens with one attached hydrogen (secondary N) is 2. The number of carbonyl (C=O) groups excluding carboxylic acids is 1.